The maximum Gasteiger partial charge on any atom is 0.311 e. The van der Waals surface area contributed by atoms with Gasteiger partial charge in [-0.2, -0.15) is 0 Å². The maximum absolute atomic E-state index is 11.0. The van der Waals surface area contributed by atoms with Gasteiger partial charge in [-0.25, -0.2) is 0 Å². The van der Waals surface area contributed by atoms with Gasteiger partial charge in [0.15, 0.2) is 0 Å². The van der Waals surface area contributed by atoms with Crippen molar-refractivity contribution in [3.8, 4) is 11.5 Å². The van der Waals surface area contributed by atoms with Crippen LogP contribution >= 0.6 is 0 Å². The van der Waals surface area contributed by atoms with Gasteiger partial charge >= 0.3 is 5.69 Å². The fourth-order valence-electron chi connectivity index (χ4n) is 1.53. The van der Waals surface area contributed by atoms with E-state index in [2.05, 4.69) is 0 Å². The van der Waals surface area contributed by atoms with Crippen molar-refractivity contribution in [2.75, 3.05) is 0 Å². The second kappa shape index (κ2) is 5.18. The highest BCUT2D eigenvalue weighted by atomic mass is 16.6. The number of nitrogens with zero attached hydrogens (tertiary/aromatic N) is 1. The summed E-state index contributed by atoms with van der Waals surface area (Å²) >= 11 is 0. The van der Waals surface area contributed by atoms with Gasteiger partial charge in [0, 0.05) is 11.6 Å². The molecule has 0 aliphatic carbocycles. The van der Waals surface area contributed by atoms with Crippen LogP contribution in [-0.4, -0.2) is 10.8 Å². The Morgan fingerprint density at radius 2 is 1.89 bits per heavy atom. The largest absolute Gasteiger partial charge is 0.450 e. The van der Waals surface area contributed by atoms with Crippen molar-refractivity contribution in [2.45, 2.75) is 0 Å². The Morgan fingerprint density at radius 3 is 2.58 bits per heavy atom. The molecule has 2 aromatic rings. The normalized spacial score (nSPS) is 9.89. The first-order valence-electron chi connectivity index (χ1n) is 5.39. The summed E-state index contributed by atoms with van der Waals surface area (Å²) in [7, 11) is 0. The molecule has 2 N–H and O–H groups in total. The summed E-state index contributed by atoms with van der Waals surface area (Å²) in [6.07, 6.45) is 0. The molecule has 0 unspecified atom stereocenters. The van der Waals surface area contributed by atoms with E-state index in [4.69, 9.17) is 10.5 Å². The first-order chi connectivity index (χ1) is 9.08. The number of hydrogen-bond acceptors (Lipinski definition) is 4. The first-order valence-corrected chi connectivity index (χ1v) is 5.39. The smallest absolute Gasteiger partial charge is 0.311 e. The molecule has 19 heavy (non-hydrogen) atoms. The first kappa shape index (κ1) is 12.6. The summed E-state index contributed by atoms with van der Waals surface area (Å²) in [6.45, 7) is 0. The molecule has 0 atom stereocenters. The molecule has 0 spiro atoms. The molecule has 0 fully saturated rings. The highest BCUT2D eigenvalue weighted by Gasteiger charge is 2.14. The van der Waals surface area contributed by atoms with Crippen molar-refractivity contribution in [3.05, 3.63) is 64.2 Å². The summed E-state index contributed by atoms with van der Waals surface area (Å²) in [4.78, 5) is 21.3. The number of primary amides is 1. The Labute approximate surface area is 108 Å². The van der Waals surface area contributed by atoms with Gasteiger partial charge in [-0.15, -0.1) is 0 Å². The monoisotopic (exact) mass is 258 g/mol. The van der Waals surface area contributed by atoms with E-state index in [0.29, 0.717) is 5.75 Å². The lowest BCUT2D eigenvalue weighted by Crippen LogP contribution is -2.10. The highest BCUT2D eigenvalue weighted by Crippen LogP contribution is 2.30. The zero-order valence-corrected chi connectivity index (χ0v) is 9.78. The standard InChI is InChI=1S/C13H10N2O4/c14-13(16)9-4-3-5-10(8-9)19-12-7-2-1-6-11(12)15(17)18/h1-8H,(H2,14,16). The predicted octanol–water partition coefficient (Wildman–Crippen LogP) is 2.49. The second-order valence-electron chi connectivity index (χ2n) is 3.72. The average Bonchev–Trinajstić information content (AvgIpc) is 2.39. The van der Waals surface area contributed by atoms with Crippen molar-refractivity contribution in [1.29, 1.82) is 0 Å². The maximum atomic E-state index is 11.0. The molecular weight excluding hydrogens is 248 g/mol. The molecule has 96 valence electrons. The van der Waals surface area contributed by atoms with Gasteiger partial charge in [-0.1, -0.05) is 18.2 Å². The zero-order chi connectivity index (χ0) is 13.8. The lowest BCUT2D eigenvalue weighted by Gasteiger charge is -2.06. The minimum absolute atomic E-state index is 0.106. The van der Waals surface area contributed by atoms with Crippen molar-refractivity contribution >= 4 is 11.6 Å². The van der Waals surface area contributed by atoms with E-state index in [1.165, 1.54) is 24.3 Å². The topological polar surface area (TPSA) is 95.5 Å². The quantitative estimate of drug-likeness (QED) is 0.673. The van der Waals surface area contributed by atoms with Crippen molar-refractivity contribution in [2.24, 2.45) is 5.73 Å². The van der Waals surface area contributed by atoms with Crippen molar-refractivity contribution < 1.29 is 14.5 Å². The van der Waals surface area contributed by atoms with Crippen LogP contribution in [0.3, 0.4) is 0 Å². The molecule has 0 saturated carbocycles. The third kappa shape index (κ3) is 2.86. The predicted molar refractivity (Wildman–Crippen MR) is 68.1 cm³/mol. The summed E-state index contributed by atoms with van der Waals surface area (Å²) in [6, 6.07) is 12.1. The minimum Gasteiger partial charge on any atom is -0.450 e. The second-order valence-corrected chi connectivity index (χ2v) is 3.72. The van der Waals surface area contributed by atoms with E-state index in [1.54, 1.807) is 24.3 Å². The summed E-state index contributed by atoms with van der Waals surface area (Å²) in [5.74, 6) is -0.173. The molecule has 0 aliphatic rings. The van der Waals surface area contributed by atoms with E-state index >= 15 is 0 Å². The molecule has 6 nitrogen and oxygen atoms in total. The zero-order valence-electron chi connectivity index (χ0n) is 9.78. The van der Waals surface area contributed by atoms with Gasteiger partial charge in [0.05, 0.1) is 4.92 Å². The average molecular weight is 258 g/mol. The SMILES string of the molecule is NC(=O)c1cccc(Oc2ccccc2[N+](=O)[O-])c1. The number of nitro groups is 1. The van der Waals surface area contributed by atoms with Gasteiger partial charge in [0.1, 0.15) is 5.75 Å². The number of amides is 1. The van der Waals surface area contributed by atoms with Crippen LogP contribution in [0, 0.1) is 10.1 Å². The molecule has 2 aromatic carbocycles. The molecule has 0 saturated heterocycles. The van der Waals surface area contributed by atoms with Gasteiger partial charge < -0.3 is 10.5 Å². The number of benzene rings is 2. The number of nitro benzene ring substituents is 1. The Kier molecular flexibility index (Phi) is 3.42. The van der Waals surface area contributed by atoms with Gasteiger partial charge in [-0.05, 0) is 24.3 Å². The molecule has 0 heterocycles. The van der Waals surface area contributed by atoms with Crippen LogP contribution in [0.2, 0.25) is 0 Å². The molecule has 6 heteroatoms. The fraction of sp³-hybridized carbons (Fsp3) is 0. The van der Waals surface area contributed by atoms with E-state index in [9.17, 15) is 14.9 Å². The van der Waals surface area contributed by atoms with Crippen LogP contribution in [0.4, 0.5) is 5.69 Å². The molecule has 0 bridgehead atoms. The number of hydrogen-bond donors (Lipinski definition) is 1. The highest BCUT2D eigenvalue weighted by molar-refractivity contribution is 5.93. The van der Waals surface area contributed by atoms with E-state index in [1.807, 2.05) is 0 Å². The lowest BCUT2D eigenvalue weighted by molar-refractivity contribution is -0.385. The number of ether oxygens (including phenoxy) is 1. The number of carbonyl (C=O) groups is 1. The summed E-state index contributed by atoms with van der Waals surface area (Å²) in [5, 5.41) is 10.8. The van der Waals surface area contributed by atoms with Crippen LogP contribution in [0.25, 0.3) is 0 Å². The number of carbonyl (C=O) groups excluding carboxylic acids is 1. The Morgan fingerprint density at radius 1 is 1.16 bits per heavy atom. The molecular formula is C13H10N2O4. The molecule has 0 radical (unpaired) electrons. The van der Waals surface area contributed by atoms with Crippen LogP contribution in [0.1, 0.15) is 10.4 Å². The number of rotatable bonds is 4. The Hall–Kier alpha value is -2.89. The van der Waals surface area contributed by atoms with E-state index < -0.39 is 10.8 Å². The number of nitrogens with two attached hydrogens (primary N) is 1. The minimum atomic E-state index is -0.590. The summed E-state index contributed by atoms with van der Waals surface area (Å²) < 4.78 is 5.41. The summed E-state index contributed by atoms with van der Waals surface area (Å²) in [5.41, 5.74) is 5.28. The van der Waals surface area contributed by atoms with Crippen LogP contribution in [-0.2, 0) is 0 Å². The van der Waals surface area contributed by atoms with Crippen LogP contribution < -0.4 is 10.5 Å². The molecule has 1 amide bonds. The van der Waals surface area contributed by atoms with Gasteiger partial charge in [0.2, 0.25) is 11.7 Å². The Balaban J connectivity index is 2.34. The van der Waals surface area contributed by atoms with E-state index in [0.717, 1.165) is 0 Å². The van der Waals surface area contributed by atoms with E-state index in [-0.39, 0.29) is 17.0 Å². The van der Waals surface area contributed by atoms with Gasteiger partial charge in [0.25, 0.3) is 0 Å². The molecule has 0 aromatic heterocycles. The third-order valence-electron chi connectivity index (χ3n) is 2.41. The van der Waals surface area contributed by atoms with Crippen molar-refractivity contribution in [1.82, 2.24) is 0 Å². The Bertz CT molecular complexity index is 640. The molecule has 2 rings (SSSR count). The van der Waals surface area contributed by atoms with Crippen LogP contribution in [0.15, 0.2) is 48.5 Å². The lowest BCUT2D eigenvalue weighted by atomic mass is 10.2. The van der Waals surface area contributed by atoms with Crippen molar-refractivity contribution in [3.63, 3.8) is 0 Å². The third-order valence-corrected chi connectivity index (χ3v) is 2.41. The fourth-order valence-corrected chi connectivity index (χ4v) is 1.53. The molecule has 0 aliphatic heterocycles. The van der Waals surface area contributed by atoms with Gasteiger partial charge in [-0.3, -0.25) is 14.9 Å². The number of para-hydroxylation sites is 2. The van der Waals surface area contributed by atoms with Crippen LogP contribution in [0.5, 0.6) is 11.5 Å².